The molecule has 0 fully saturated rings. The molecule has 1 aromatic carbocycles. The Morgan fingerprint density at radius 2 is 2.00 bits per heavy atom. The first-order valence-electron chi connectivity index (χ1n) is 8.74. The summed E-state index contributed by atoms with van der Waals surface area (Å²) >= 11 is 0.745. The molecule has 1 amide bonds. The number of fused-ring (bicyclic) bond motifs is 1. The molecule has 0 aromatic heterocycles. The number of carbonyl (C=O) groups is 2. The van der Waals surface area contributed by atoms with Gasteiger partial charge in [-0.3, -0.25) is 10.2 Å². The highest BCUT2D eigenvalue weighted by molar-refractivity contribution is 8.16. The lowest BCUT2D eigenvalue weighted by Gasteiger charge is -2.24. The fraction of sp³-hybridized carbons (Fsp3) is 0.278. The van der Waals surface area contributed by atoms with E-state index in [1.54, 1.807) is 26.0 Å². The Kier molecular flexibility index (Phi) is 6.08. The van der Waals surface area contributed by atoms with Gasteiger partial charge in [0.2, 0.25) is 20.2 Å². The van der Waals surface area contributed by atoms with Gasteiger partial charge in [0.15, 0.2) is 6.61 Å². The van der Waals surface area contributed by atoms with Crippen LogP contribution in [-0.4, -0.2) is 58.8 Å². The van der Waals surface area contributed by atoms with Crippen molar-refractivity contribution in [2.75, 3.05) is 12.4 Å². The second-order valence-corrected chi connectivity index (χ2v) is 9.49. The van der Waals surface area contributed by atoms with Crippen LogP contribution in [0.3, 0.4) is 0 Å². The van der Waals surface area contributed by atoms with Gasteiger partial charge in [0.25, 0.3) is 5.91 Å². The van der Waals surface area contributed by atoms with E-state index in [2.05, 4.69) is 9.39 Å². The number of benzene rings is 1. The van der Waals surface area contributed by atoms with Crippen LogP contribution in [0.1, 0.15) is 19.4 Å². The van der Waals surface area contributed by atoms with E-state index in [1.165, 1.54) is 18.2 Å². The molecule has 0 spiro atoms. The zero-order valence-corrected chi connectivity index (χ0v) is 17.7. The van der Waals surface area contributed by atoms with Gasteiger partial charge < -0.3 is 9.84 Å². The molecule has 2 N–H and O–H groups in total. The van der Waals surface area contributed by atoms with E-state index in [0.717, 1.165) is 16.8 Å². The summed E-state index contributed by atoms with van der Waals surface area (Å²) in [5.41, 5.74) is 0.438. The van der Waals surface area contributed by atoms with Gasteiger partial charge in [0.1, 0.15) is 11.6 Å². The fourth-order valence-electron chi connectivity index (χ4n) is 2.69. The maximum absolute atomic E-state index is 12.6. The second kappa shape index (κ2) is 8.40. The number of hydrogen-bond acceptors (Lipinski definition) is 8. The SMILES string of the molecule is CC(C)CS(=O)(=O)C1=NSC2=NC(=O)/C(=C\c3ccc(OCC(=O)O)cc3)C(=N)N21. The van der Waals surface area contributed by atoms with Gasteiger partial charge >= 0.3 is 5.97 Å². The molecule has 12 heteroatoms. The van der Waals surface area contributed by atoms with Gasteiger partial charge in [-0.2, -0.15) is 9.39 Å². The summed E-state index contributed by atoms with van der Waals surface area (Å²) in [7, 11) is -3.76. The van der Waals surface area contributed by atoms with E-state index in [4.69, 9.17) is 15.3 Å². The normalized spacial score (nSPS) is 17.8. The number of hydrogen-bond donors (Lipinski definition) is 2. The van der Waals surface area contributed by atoms with Crippen molar-refractivity contribution in [3.05, 3.63) is 35.4 Å². The summed E-state index contributed by atoms with van der Waals surface area (Å²) in [6.45, 7) is 3.03. The van der Waals surface area contributed by atoms with Crippen LogP contribution in [-0.2, 0) is 19.4 Å². The maximum atomic E-state index is 12.6. The van der Waals surface area contributed by atoms with Gasteiger partial charge in [-0.1, -0.05) is 26.0 Å². The topological polar surface area (TPSA) is 150 Å². The Labute approximate surface area is 176 Å². The van der Waals surface area contributed by atoms with Crippen LogP contribution in [0.4, 0.5) is 0 Å². The molecule has 158 valence electrons. The first-order chi connectivity index (χ1) is 14.1. The highest BCUT2D eigenvalue weighted by atomic mass is 32.2. The van der Waals surface area contributed by atoms with Crippen molar-refractivity contribution < 1.29 is 27.9 Å². The lowest BCUT2D eigenvalue weighted by atomic mass is 10.1. The lowest BCUT2D eigenvalue weighted by molar-refractivity contribution is -0.139. The molecule has 2 heterocycles. The van der Waals surface area contributed by atoms with Gasteiger partial charge in [0, 0.05) is 0 Å². The summed E-state index contributed by atoms with van der Waals surface area (Å²) in [5.74, 6) is -2.07. The molecular weight excluding hydrogens is 432 g/mol. The number of ether oxygens (including phenoxy) is 1. The third kappa shape index (κ3) is 4.60. The minimum absolute atomic E-state index is 0.0295. The minimum Gasteiger partial charge on any atom is -0.482 e. The molecule has 3 rings (SSSR count). The summed E-state index contributed by atoms with van der Waals surface area (Å²) in [4.78, 5) is 27.9. The molecule has 2 aliphatic heterocycles. The van der Waals surface area contributed by atoms with E-state index < -0.39 is 28.3 Å². The standard InChI is InChI=1S/C18H18N4O6S2/c1-10(2)9-30(26,27)18-21-29-17-20-16(25)13(15(19)22(17)18)7-11-3-5-12(6-4-11)28-8-14(23)24/h3-7,10,19H,8-9H2,1-2H3,(H,23,24)/b13-7-,19-15?. The molecule has 0 atom stereocenters. The van der Waals surface area contributed by atoms with E-state index in [-0.39, 0.29) is 33.4 Å². The van der Waals surface area contributed by atoms with E-state index >= 15 is 0 Å². The van der Waals surface area contributed by atoms with E-state index in [1.807, 2.05) is 0 Å². The molecule has 0 unspecified atom stereocenters. The van der Waals surface area contributed by atoms with Crippen LogP contribution < -0.4 is 4.74 Å². The third-order valence-electron chi connectivity index (χ3n) is 3.88. The second-order valence-electron chi connectivity index (χ2n) is 6.83. The minimum atomic E-state index is -3.76. The fourth-order valence-corrected chi connectivity index (χ4v) is 5.42. The molecule has 0 radical (unpaired) electrons. The van der Waals surface area contributed by atoms with Crippen molar-refractivity contribution in [3.8, 4) is 5.75 Å². The highest BCUT2D eigenvalue weighted by Crippen LogP contribution is 2.30. The number of carboxylic acids is 1. The summed E-state index contributed by atoms with van der Waals surface area (Å²) in [6.07, 6.45) is 1.40. The van der Waals surface area contributed by atoms with Crippen molar-refractivity contribution in [1.29, 1.82) is 5.41 Å². The van der Waals surface area contributed by atoms with Crippen molar-refractivity contribution in [1.82, 2.24) is 4.90 Å². The number of nitrogens with zero attached hydrogens (tertiary/aromatic N) is 3. The third-order valence-corrected chi connectivity index (χ3v) is 6.63. The highest BCUT2D eigenvalue weighted by Gasteiger charge is 2.42. The van der Waals surface area contributed by atoms with Crippen LogP contribution in [0.5, 0.6) is 5.75 Å². The lowest BCUT2D eigenvalue weighted by Crippen LogP contribution is -2.46. The average Bonchev–Trinajstić information content (AvgIpc) is 3.08. The van der Waals surface area contributed by atoms with Gasteiger partial charge in [-0.15, -0.1) is 0 Å². The van der Waals surface area contributed by atoms with Crippen LogP contribution in [0.25, 0.3) is 6.08 Å². The van der Waals surface area contributed by atoms with Crippen LogP contribution in [0, 0.1) is 11.3 Å². The summed E-state index contributed by atoms with van der Waals surface area (Å²) in [5, 5.41) is 16.8. The maximum Gasteiger partial charge on any atom is 0.341 e. The molecule has 2 aliphatic rings. The molecular formula is C18H18N4O6S2. The van der Waals surface area contributed by atoms with Crippen LogP contribution in [0.15, 0.2) is 39.2 Å². The predicted octanol–water partition coefficient (Wildman–Crippen LogP) is 1.80. The first-order valence-corrected chi connectivity index (χ1v) is 11.2. The molecule has 0 saturated carbocycles. The zero-order valence-electron chi connectivity index (χ0n) is 16.0. The number of sulfone groups is 1. The van der Waals surface area contributed by atoms with Crippen molar-refractivity contribution in [2.45, 2.75) is 13.8 Å². The molecule has 10 nitrogen and oxygen atoms in total. The van der Waals surface area contributed by atoms with Gasteiger partial charge in [0.05, 0.1) is 23.3 Å². The largest absolute Gasteiger partial charge is 0.482 e. The molecule has 1 aromatic rings. The van der Waals surface area contributed by atoms with Gasteiger partial charge in [-0.05, 0) is 29.7 Å². The molecule has 0 saturated heterocycles. The Hall–Kier alpha value is -2.99. The number of nitrogens with one attached hydrogen (secondary N) is 1. The Bertz CT molecular complexity index is 1100. The summed E-state index contributed by atoms with van der Waals surface area (Å²) in [6, 6.07) is 6.19. The smallest absolute Gasteiger partial charge is 0.341 e. The Morgan fingerprint density at radius 1 is 1.33 bits per heavy atom. The number of aliphatic carboxylic acids is 1. The van der Waals surface area contributed by atoms with Gasteiger partial charge in [-0.25, -0.2) is 18.1 Å². The monoisotopic (exact) mass is 450 g/mol. The number of rotatable bonds is 6. The number of carbonyl (C=O) groups excluding carboxylic acids is 1. The molecule has 30 heavy (non-hydrogen) atoms. The Morgan fingerprint density at radius 3 is 2.60 bits per heavy atom. The Balaban J connectivity index is 1.88. The number of amidine groups is 3. The van der Waals surface area contributed by atoms with Crippen molar-refractivity contribution in [2.24, 2.45) is 15.3 Å². The van der Waals surface area contributed by atoms with Crippen molar-refractivity contribution in [3.63, 3.8) is 0 Å². The average molecular weight is 450 g/mol. The van der Waals surface area contributed by atoms with Crippen LogP contribution in [0.2, 0.25) is 0 Å². The van der Waals surface area contributed by atoms with E-state index in [0.29, 0.717) is 11.3 Å². The zero-order chi connectivity index (χ0) is 22.1. The predicted molar refractivity (Wildman–Crippen MR) is 113 cm³/mol. The van der Waals surface area contributed by atoms with Crippen LogP contribution >= 0.6 is 11.9 Å². The van der Waals surface area contributed by atoms with Crippen molar-refractivity contribution >= 4 is 55.9 Å². The van der Waals surface area contributed by atoms with E-state index in [9.17, 15) is 18.0 Å². The number of aliphatic imine (C=N–C) groups is 1. The molecule has 0 aliphatic carbocycles. The molecule has 0 bridgehead atoms. The quantitative estimate of drug-likeness (QED) is 0.492. The number of carboxylic acid groups (broad SMARTS) is 1. The number of amides is 1. The summed E-state index contributed by atoms with van der Waals surface area (Å²) < 4.78 is 34.3. The first kappa shape index (κ1) is 21.7.